The molecule has 0 unspecified atom stereocenters. The van der Waals surface area contributed by atoms with Crippen LogP contribution in [0.5, 0.6) is 5.75 Å². The minimum absolute atomic E-state index is 0.00137. The lowest BCUT2D eigenvalue weighted by atomic mass is 10.1. The zero-order chi connectivity index (χ0) is 20.9. The Morgan fingerprint density at radius 3 is 2.83 bits per heavy atom. The highest BCUT2D eigenvalue weighted by Gasteiger charge is 2.17. The molecule has 0 aliphatic carbocycles. The molecular formula is C22H19N5O2S. The molecule has 0 aliphatic rings. The molecule has 150 valence electrons. The standard InChI is InChI=1S/C22H19N5O2S/c1-29-21-10-5-4-9-19(21)27-15-24-25-22(27)30-14-20(28)17-13-26(12-6-11-23)18-8-3-2-7-16(17)18/h2-5,7-10,13,15H,6,12,14H2,1H3. The van der Waals surface area contributed by atoms with Gasteiger partial charge >= 0.3 is 0 Å². The lowest BCUT2D eigenvalue weighted by Crippen LogP contribution is -2.04. The van der Waals surface area contributed by atoms with E-state index < -0.39 is 0 Å². The number of thioether (sulfide) groups is 1. The second kappa shape index (κ2) is 8.84. The Hall–Kier alpha value is -3.57. The van der Waals surface area contributed by atoms with E-state index in [1.165, 1.54) is 11.8 Å². The third-order valence-electron chi connectivity index (χ3n) is 4.75. The van der Waals surface area contributed by atoms with Gasteiger partial charge in [-0.1, -0.05) is 42.1 Å². The molecule has 0 bridgehead atoms. The summed E-state index contributed by atoms with van der Waals surface area (Å²) in [5.74, 6) is 0.924. The van der Waals surface area contributed by atoms with Crippen LogP contribution >= 0.6 is 11.8 Å². The van der Waals surface area contributed by atoms with Crippen molar-refractivity contribution < 1.29 is 9.53 Å². The van der Waals surface area contributed by atoms with Gasteiger partial charge in [-0.15, -0.1) is 10.2 Å². The van der Waals surface area contributed by atoms with Crippen LogP contribution in [0.1, 0.15) is 16.8 Å². The van der Waals surface area contributed by atoms with Crippen LogP contribution < -0.4 is 4.74 Å². The fourth-order valence-electron chi connectivity index (χ4n) is 3.35. The van der Waals surface area contributed by atoms with Crippen molar-refractivity contribution in [2.75, 3.05) is 12.9 Å². The molecule has 2 heterocycles. The number of ketones is 1. The van der Waals surface area contributed by atoms with Crippen molar-refractivity contribution in [3.63, 3.8) is 0 Å². The van der Waals surface area contributed by atoms with Crippen LogP contribution in [-0.4, -0.2) is 38.0 Å². The summed E-state index contributed by atoms with van der Waals surface area (Å²) in [6, 6.07) is 17.5. The molecule has 2 aromatic carbocycles. The lowest BCUT2D eigenvalue weighted by molar-refractivity contribution is 0.102. The molecule has 4 aromatic rings. The Labute approximate surface area is 177 Å². The van der Waals surface area contributed by atoms with Crippen molar-refractivity contribution >= 4 is 28.4 Å². The topological polar surface area (TPSA) is 85.7 Å². The molecule has 0 aliphatic heterocycles. The fourth-order valence-corrected chi connectivity index (χ4v) is 4.15. The van der Waals surface area contributed by atoms with E-state index in [0.717, 1.165) is 16.6 Å². The molecule has 0 saturated carbocycles. The second-order valence-electron chi connectivity index (χ2n) is 6.53. The minimum atomic E-state index is 0.00137. The molecule has 30 heavy (non-hydrogen) atoms. The normalized spacial score (nSPS) is 10.8. The molecule has 0 N–H and O–H groups in total. The average Bonchev–Trinajstić information content (AvgIpc) is 3.41. The predicted octanol–water partition coefficient (Wildman–Crippen LogP) is 4.12. The molecule has 0 spiro atoms. The van der Waals surface area contributed by atoms with Crippen LogP contribution in [0.25, 0.3) is 16.6 Å². The zero-order valence-electron chi connectivity index (χ0n) is 16.4. The van der Waals surface area contributed by atoms with Gasteiger partial charge < -0.3 is 9.30 Å². The number of aryl methyl sites for hydroxylation is 1. The first kappa shape index (κ1) is 19.7. The van der Waals surface area contributed by atoms with Crippen molar-refractivity contribution in [2.24, 2.45) is 0 Å². The first-order valence-electron chi connectivity index (χ1n) is 9.37. The molecule has 8 heteroatoms. The van der Waals surface area contributed by atoms with Gasteiger partial charge in [-0.25, -0.2) is 0 Å². The third kappa shape index (κ3) is 3.80. The van der Waals surface area contributed by atoms with Crippen LogP contribution in [0.2, 0.25) is 0 Å². The van der Waals surface area contributed by atoms with Gasteiger partial charge in [0.2, 0.25) is 0 Å². The average molecular weight is 417 g/mol. The monoisotopic (exact) mass is 417 g/mol. The van der Waals surface area contributed by atoms with Gasteiger partial charge in [-0.2, -0.15) is 5.26 Å². The van der Waals surface area contributed by atoms with Crippen molar-refractivity contribution in [1.29, 1.82) is 5.26 Å². The number of fused-ring (bicyclic) bond motifs is 1. The van der Waals surface area contributed by atoms with E-state index in [1.54, 1.807) is 13.4 Å². The summed E-state index contributed by atoms with van der Waals surface area (Å²) < 4.78 is 9.20. The summed E-state index contributed by atoms with van der Waals surface area (Å²) in [6.45, 7) is 0.555. The first-order chi connectivity index (χ1) is 14.7. The predicted molar refractivity (Wildman–Crippen MR) is 115 cm³/mol. The van der Waals surface area contributed by atoms with Gasteiger partial charge in [-0.05, 0) is 18.2 Å². The number of hydrogen-bond acceptors (Lipinski definition) is 6. The van der Waals surface area contributed by atoms with Crippen LogP contribution in [-0.2, 0) is 6.54 Å². The van der Waals surface area contributed by atoms with Crippen molar-refractivity contribution in [2.45, 2.75) is 18.1 Å². The molecule has 0 fully saturated rings. The van der Waals surface area contributed by atoms with Crippen molar-refractivity contribution in [1.82, 2.24) is 19.3 Å². The van der Waals surface area contributed by atoms with Gasteiger partial charge in [0.05, 0.1) is 31.0 Å². The highest BCUT2D eigenvalue weighted by Crippen LogP contribution is 2.28. The number of rotatable bonds is 8. The third-order valence-corrected chi connectivity index (χ3v) is 5.69. The molecule has 7 nitrogen and oxygen atoms in total. The Morgan fingerprint density at radius 2 is 2.00 bits per heavy atom. The number of para-hydroxylation sites is 3. The van der Waals surface area contributed by atoms with Gasteiger partial charge in [0.1, 0.15) is 12.1 Å². The molecule has 0 radical (unpaired) electrons. The number of Topliss-reactive ketones (excluding diaryl/α,β-unsaturated/α-hetero) is 1. The van der Waals surface area contributed by atoms with E-state index in [0.29, 0.717) is 29.4 Å². The number of ether oxygens (including phenoxy) is 1. The Bertz CT molecular complexity index is 1240. The minimum Gasteiger partial charge on any atom is -0.495 e. The lowest BCUT2D eigenvalue weighted by Gasteiger charge is -2.10. The highest BCUT2D eigenvalue weighted by atomic mass is 32.2. The number of nitriles is 1. The Kier molecular flexibility index (Phi) is 5.82. The molecule has 0 atom stereocenters. The maximum absolute atomic E-state index is 13.0. The maximum Gasteiger partial charge on any atom is 0.196 e. The first-order valence-corrected chi connectivity index (χ1v) is 10.4. The molecule has 0 amide bonds. The maximum atomic E-state index is 13.0. The number of aromatic nitrogens is 4. The van der Waals surface area contributed by atoms with Gasteiger partial charge in [0.25, 0.3) is 0 Å². The molecular weight excluding hydrogens is 398 g/mol. The quantitative estimate of drug-likeness (QED) is 0.317. The van der Waals surface area contributed by atoms with E-state index in [9.17, 15) is 4.79 Å². The highest BCUT2D eigenvalue weighted by molar-refractivity contribution is 7.99. The van der Waals surface area contributed by atoms with E-state index in [-0.39, 0.29) is 11.5 Å². The summed E-state index contributed by atoms with van der Waals surface area (Å²) >= 11 is 1.33. The molecule has 2 aromatic heterocycles. The SMILES string of the molecule is COc1ccccc1-n1cnnc1SCC(=O)c1cn(CCC#N)c2ccccc12. The van der Waals surface area contributed by atoms with Gasteiger partial charge in [0, 0.05) is 29.2 Å². The number of carbonyl (C=O) groups is 1. The number of hydrogen-bond donors (Lipinski definition) is 0. The smallest absolute Gasteiger partial charge is 0.196 e. The summed E-state index contributed by atoms with van der Waals surface area (Å²) in [4.78, 5) is 13.0. The number of benzene rings is 2. The molecule has 0 saturated heterocycles. The fraction of sp³-hybridized carbons (Fsp3) is 0.182. The Morgan fingerprint density at radius 1 is 1.20 bits per heavy atom. The van der Waals surface area contributed by atoms with Crippen molar-refractivity contribution in [3.05, 3.63) is 66.6 Å². The van der Waals surface area contributed by atoms with Gasteiger partial charge in [-0.3, -0.25) is 9.36 Å². The zero-order valence-corrected chi connectivity index (χ0v) is 17.2. The van der Waals surface area contributed by atoms with E-state index in [2.05, 4.69) is 16.3 Å². The summed E-state index contributed by atoms with van der Waals surface area (Å²) in [7, 11) is 1.61. The van der Waals surface area contributed by atoms with Crippen molar-refractivity contribution in [3.8, 4) is 17.5 Å². The Balaban J connectivity index is 1.57. The second-order valence-corrected chi connectivity index (χ2v) is 7.47. The summed E-state index contributed by atoms with van der Waals surface area (Å²) in [5, 5.41) is 18.6. The van der Waals surface area contributed by atoms with E-state index in [4.69, 9.17) is 10.00 Å². The van der Waals surface area contributed by atoms with Gasteiger partial charge in [0.15, 0.2) is 10.9 Å². The van der Waals surface area contributed by atoms with Crippen LogP contribution in [0, 0.1) is 11.3 Å². The number of carbonyl (C=O) groups excluding carboxylic acids is 1. The largest absolute Gasteiger partial charge is 0.495 e. The molecule has 4 rings (SSSR count). The van der Waals surface area contributed by atoms with E-state index >= 15 is 0 Å². The summed E-state index contributed by atoms with van der Waals surface area (Å²) in [5.41, 5.74) is 2.42. The number of methoxy groups -OCH3 is 1. The number of nitrogens with zero attached hydrogens (tertiary/aromatic N) is 5. The summed E-state index contributed by atoms with van der Waals surface area (Å²) in [6.07, 6.45) is 3.84. The van der Waals surface area contributed by atoms with Crippen LogP contribution in [0.3, 0.4) is 0 Å². The van der Waals surface area contributed by atoms with Crippen LogP contribution in [0.15, 0.2) is 66.2 Å². The van der Waals surface area contributed by atoms with Crippen LogP contribution in [0.4, 0.5) is 0 Å². The van der Waals surface area contributed by atoms with E-state index in [1.807, 2.05) is 63.9 Å².